The topological polar surface area (TPSA) is 31.4 Å². The van der Waals surface area contributed by atoms with Gasteiger partial charge in [0.2, 0.25) is 0 Å². The van der Waals surface area contributed by atoms with Crippen LogP contribution >= 0.6 is 0 Å². The van der Waals surface area contributed by atoms with Gasteiger partial charge in [-0.2, -0.15) is 0 Å². The number of halogens is 1. The van der Waals surface area contributed by atoms with Crippen molar-refractivity contribution in [2.75, 3.05) is 64.4 Å². The molecule has 6 nitrogen and oxygen atoms in total. The third kappa shape index (κ3) is 35.0. The molecular weight excluding hydrogens is 1060 g/mol. The monoisotopic (exact) mass is 1200 g/mol. The van der Waals surface area contributed by atoms with E-state index in [9.17, 15) is 4.39 Å². The molecule has 0 N–H and O–H groups in total. The molecule has 0 spiro atoms. The second-order valence-corrected chi connectivity index (χ2v) is 35.9. The molecule has 4 aliphatic rings. The Morgan fingerprint density at radius 3 is 1.38 bits per heavy atom. The van der Waals surface area contributed by atoms with Gasteiger partial charge in [-0.1, -0.05) is 220 Å². The first-order chi connectivity index (χ1) is 38.2. The third-order valence-corrected chi connectivity index (χ3v) is 16.4. The lowest BCUT2D eigenvalue weighted by molar-refractivity contribution is -0.0604. The Morgan fingerprint density at radius 1 is 0.547 bits per heavy atom. The first-order valence-corrected chi connectivity index (χ1v) is 33.4. The summed E-state index contributed by atoms with van der Waals surface area (Å²) in [5, 5.41) is 0. The number of benzene rings is 3. The van der Waals surface area contributed by atoms with Crippen LogP contribution in [0.3, 0.4) is 0 Å². The fourth-order valence-electron chi connectivity index (χ4n) is 10.9. The molecule has 7 heteroatoms. The first-order valence-electron chi connectivity index (χ1n) is 33.4. The summed E-state index contributed by atoms with van der Waals surface area (Å²) < 4.78 is 24.4. The highest BCUT2D eigenvalue weighted by atomic mass is 19.1. The molecule has 0 aromatic heterocycles. The van der Waals surface area contributed by atoms with Gasteiger partial charge >= 0.3 is 0 Å². The molecule has 3 unspecified atom stereocenters. The van der Waals surface area contributed by atoms with Gasteiger partial charge < -0.3 is 19.3 Å². The van der Waals surface area contributed by atoms with E-state index in [1.807, 2.05) is 12.1 Å². The van der Waals surface area contributed by atoms with Crippen LogP contribution in [0.2, 0.25) is 0 Å². The molecular formula is C79H145FN4O2. The van der Waals surface area contributed by atoms with Crippen LogP contribution in [-0.4, -0.2) is 109 Å². The number of rotatable bonds is 4. The highest BCUT2D eigenvalue weighted by Crippen LogP contribution is 2.39. The molecule has 3 aromatic rings. The molecule has 3 aromatic carbocycles. The Bertz CT molecular complexity index is 2270. The summed E-state index contributed by atoms with van der Waals surface area (Å²) in [6.07, 6.45) is 9.82. The molecule has 0 radical (unpaired) electrons. The van der Waals surface area contributed by atoms with E-state index in [2.05, 4.69) is 289 Å². The molecule has 4 saturated heterocycles. The Labute approximate surface area is 536 Å². The number of piperazine rings is 1. The van der Waals surface area contributed by atoms with Gasteiger partial charge in [0.15, 0.2) is 0 Å². The SMILES string of the molecule is C.CC(C)(C)CN1CCCC1(C)C.CC(C)(C)COC(C)(C)C.CC(C)(C)c1ccccc1.CC1(C)CCC(C(C)(C)C)O1.CC1CCCC(C)N1CC(C)(C)C.CN1CCN(c2ccccc2C(C)(C)C)CC1.Cc1cc(C(C)(C)C)ccc1F. The van der Waals surface area contributed by atoms with Crippen molar-refractivity contribution >= 4 is 5.69 Å². The van der Waals surface area contributed by atoms with E-state index >= 15 is 0 Å². The van der Waals surface area contributed by atoms with E-state index in [1.165, 1.54) is 106 Å². The van der Waals surface area contributed by atoms with Crippen molar-refractivity contribution in [1.29, 1.82) is 0 Å². The number of hydrogen-bond acceptors (Lipinski definition) is 6. The van der Waals surface area contributed by atoms with E-state index in [1.54, 1.807) is 6.92 Å². The summed E-state index contributed by atoms with van der Waals surface area (Å²) >= 11 is 0. The molecule has 86 heavy (non-hydrogen) atoms. The van der Waals surface area contributed by atoms with Crippen LogP contribution in [0.25, 0.3) is 0 Å². The van der Waals surface area contributed by atoms with Crippen molar-refractivity contribution < 1.29 is 13.9 Å². The van der Waals surface area contributed by atoms with Crippen LogP contribution < -0.4 is 4.90 Å². The molecule has 0 bridgehead atoms. The number of likely N-dealkylation sites (tertiary alicyclic amines) is 2. The molecule has 500 valence electrons. The normalized spacial score (nSPS) is 20.5. The number of anilines is 1. The predicted octanol–water partition coefficient (Wildman–Crippen LogP) is 21.8. The van der Waals surface area contributed by atoms with E-state index in [4.69, 9.17) is 9.47 Å². The van der Waals surface area contributed by atoms with E-state index in [0.717, 1.165) is 37.3 Å². The highest BCUT2D eigenvalue weighted by molar-refractivity contribution is 5.56. The summed E-state index contributed by atoms with van der Waals surface area (Å²) in [7, 11) is 2.20. The standard InChI is InChI=1S/C15H24N2.C12H25N.C11H15F.C11H23N.C10H20O.C10H14.C9H20O.CH4/c1-15(2,3)13-7-5-6-8-14(13)17-11-9-16(4)10-12-17;1-10-7-6-8-11(2)13(10)9-12(3,4)5;1-8-7-9(11(2,3)4)5-6-10(8)12;1-10(2,3)9-12-8-6-7-11(12,4)5;1-9(2,3)8-6-7-10(4,5)11-8;1-10(2,3)9-7-5-4-6-8-9;1-8(2,3)7-10-9(4,5)6;/h5-8H,9-12H2,1-4H3;10-11H,6-9H2,1-5H3;5-7H,1-4H3;6-9H2,1-5H3;8H,6-7H2,1-5H3;4-8H,1-3H3;7H2,1-6H3;1H4. The molecule has 4 fully saturated rings. The van der Waals surface area contributed by atoms with Crippen LogP contribution in [0.5, 0.6) is 0 Å². The highest BCUT2D eigenvalue weighted by Gasteiger charge is 2.38. The summed E-state index contributed by atoms with van der Waals surface area (Å²) in [5.41, 5.74) is 8.89. The lowest BCUT2D eigenvalue weighted by Gasteiger charge is -2.42. The molecule has 4 heterocycles. The Hall–Kier alpha value is -2.81. The van der Waals surface area contributed by atoms with Gasteiger partial charge in [0.1, 0.15) is 5.82 Å². The predicted molar refractivity (Wildman–Crippen MR) is 383 cm³/mol. The zero-order chi connectivity index (χ0) is 66.0. The van der Waals surface area contributed by atoms with Gasteiger partial charge in [-0.25, -0.2) is 4.39 Å². The average molecular weight is 1200 g/mol. The van der Waals surface area contributed by atoms with Crippen molar-refractivity contribution in [2.45, 2.75) is 318 Å². The number of para-hydroxylation sites is 1. The lowest BCUT2D eigenvalue weighted by Crippen LogP contribution is -2.47. The van der Waals surface area contributed by atoms with Crippen molar-refractivity contribution in [2.24, 2.45) is 21.7 Å². The molecule has 3 atom stereocenters. The quantitative estimate of drug-likeness (QED) is 0.259. The van der Waals surface area contributed by atoms with Crippen LogP contribution in [0, 0.1) is 34.4 Å². The number of likely N-dealkylation sites (N-methyl/N-ethyl adjacent to an activating group) is 1. The minimum atomic E-state index is -0.122. The van der Waals surface area contributed by atoms with Crippen LogP contribution in [-0.2, 0) is 25.7 Å². The third-order valence-electron chi connectivity index (χ3n) is 16.4. The number of piperidine rings is 1. The molecule has 0 aliphatic carbocycles. The average Bonchev–Trinajstić information content (AvgIpc) is 2.86. The van der Waals surface area contributed by atoms with E-state index in [-0.39, 0.29) is 40.7 Å². The molecule has 4 aliphatic heterocycles. The van der Waals surface area contributed by atoms with Gasteiger partial charge in [0.25, 0.3) is 0 Å². The Morgan fingerprint density at radius 2 is 1.03 bits per heavy atom. The summed E-state index contributed by atoms with van der Waals surface area (Å²) in [4.78, 5) is 10.2. The van der Waals surface area contributed by atoms with Gasteiger partial charge in [0.05, 0.1) is 23.9 Å². The van der Waals surface area contributed by atoms with E-state index < -0.39 is 0 Å². The van der Waals surface area contributed by atoms with Crippen molar-refractivity contribution in [3.05, 3.63) is 101 Å². The second-order valence-electron chi connectivity index (χ2n) is 35.9. The Kier molecular flexibility index (Phi) is 33.4. The first kappa shape index (κ1) is 83.2. The maximum atomic E-state index is 12.9. The summed E-state index contributed by atoms with van der Waals surface area (Å²) in [5.74, 6) is -0.122. The fraction of sp³-hybridized carbons (Fsp3) is 0.772. The fourth-order valence-corrected chi connectivity index (χ4v) is 10.9. The minimum Gasteiger partial charge on any atom is -0.375 e. The molecule has 0 amide bonds. The van der Waals surface area contributed by atoms with Gasteiger partial charge in [-0.3, -0.25) is 9.80 Å². The second kappa shape index (κ2) is 34.6. The van der Waals surface area contributed by atoms with Crippen molar-refractivity contribution in [3.63, 3.8) is 0 Å². The van der Waals surface area contributed by atoms with Crippen LogP contribution in [0.4, 0.5) is 10.1 Å². The smallest absolute Gasteiger partial charge is 0.126 e. The lowest BCUT2D eigenvalue weighted by atomic mass is 9.85. The minimum absolute atomic E-state index is 0. The van der Waals surface area contributed by atoms with Gasteiger partial charge in [-0.15, -0.1) is 0 Å². The zero-order valence-electron chi connectivity index (χ0n) is 62.3. The van der Waals surface area contributed by atoms with Crippen LogP contribution in [0.15, 0.2) is 72.8 Å². The maximum Gasteiger partial charge on any atom is 0.126 e. The van der Waals surface area contributed by atoms with E-state index in [0.29, 0.717) is 33.3 Å². The van der Waals surface area contributed by atoms with Gasteiger partial charge in [0, 0.05) is 62.6 Å². The van der Waals surface area contributed by atoms with Crippen molar-refractivity contribution in [1.82, 2.24) is 14.7 Å². The Balaban J connectivity index is 0.000000986. The number of hydrogen-bond donors (Lipinski definition) is 0. The summed E-state index contributed by atoms with van der Waals surface area (Å²) in [6, 6.07) is 26.3. The maximum absolute atomic E-state index is 12.9. The summed E-state index contributed by atoms with van der Waals surface area (Å²) in [6.45, 7) is 78.3. The van der Waals surface area contributed by atoms with Crippen molar-refractivity contribution in [3.8, 4) is 0 Å². The van der Waals surface area contributed by atoms with Crippen LogP contribution in [0.1, 0.15) is 282 Å². The van der Waals surface area contributed by atoms with Gasteiger partial charge in [-0.05, 0) is 194 Å². The largest absolute Gasteiger partial charge is 0.375 e. The zero-order valence-corrected chi connectivity index (χ0v) is 62.3. The number of ether oxygens (including phenoxy) is 2. The molecule has 7 rings (SSSR count). The number of aryl methyl sites for hydroxylation is 1. The molecule has 0 saturated carbocycles. The number of nitrogens with zero attached hydrogens (tertiary/aromatic N) is 4.